The van der Waals surface area contributed by atoms with Crippen LogP contribution in [0.2, 0.25) is 0 Å². The zero-order valence-electron chi connectivity index (χ0n) is 18.5. The van der Waals surface area contributed by atoms with Crippen LogP contribution in [0.5, 0.6) is 0 Å². The van der Waals surface area contributed by atoms with Crippen molar-refractivity contribution in [2.75, 3.05) is 23.3 Å². The molecule has 34 heavy (non-hydrogen) atoms. The third-order valence-corrected chi connectivity index (χ3v) is 6.43. The summed E-state index contributed by atoms with van der Waals surface area (Å²) in [4.78, 5) is 41.5. The molecular weight excluding hydrogens is 433 g/mol. The van der Waals surface area contributed by atoms with Gasteiger partial charge in [0.2, 0.25) is 11.8 Å². The summed E-state index contributed by atoms with van der Waals surface area (Å²) in [5, 5.41) is 2.93. The standard InChI is InChI=1S/C27H24FN3O3/c28-22-7-10-24(11-8-22)31-17-21(15-25(31)32)26(33)29-23-9-6-18-12-13-30(16-20(18)14-23)27(34)19-4-2-1-3-5-19/h1-11,14,21H,12-13,15-17H2,(H,29,33). The van der Waals surface area contributed by atoms with Crippen LogP contribution in [0.25, 0.3) is 0 Å². The molecule has 3 aromatic carbocycles. The summed E-state index contributed by atoms with van der Waals surface area (Å²) in [6.45, 7) is 1.38. The van der Waals surface area contributed by atoms with Crippen LogP contribution in [0.4, 0.5) is 15.8 Å². The number of carbonyl (C=O) groups is 3. The van der Waals surface area contributed by atoms with Gasteiger partial charge in [-0.2, -0.15) is 0 Å². The lowest BCUT2D eigenvalue weighted by molar-refractivity contribution is -0.122. The maximum Gasteiger partial charge on any atom is 0.254 e. The molecule has 7 heteroatoms. The van der Waals surface area contributed by atoms with Crippen LogP contribution < -0.4 is 10.2 Å². The Labute approximate surface area is 197 Å². The molecule has 1 fully saturated rings. The Balaban J connectivity index is 1.25. The van der Waals surface area contributed by atoms with Gasteiger partial charge in [-0.05, 0) is 66.1 Å². The van der Waals surface area contributed by atoms with Gasteiger partial charge in [-0.15, -0.1) is 0 Å². The summed E-state index contributed by atoms with van der Waals surface area (Å²) in [5.74, 6) is -1.27. The minimum atomic E-state index is -0.496. The fourth-order valence-corrected chi connectivity index (χ4v) is 4.57. The Kier molecular flexibility index (Phi) is 5.84. The fraction of sp³-hybridized carbons (Fsp3) is 0.222. The van der Waals surface area contributed by atoms with E-state index >= 15 is 0 Å². The number of hydrogen-bond acceptors (Lipinski definition) is 3. The maximum atomic E-state index is 13.2. The molecule has 5 rings (SSSR count). The summed E-state index contributed by atoms with van der Waals surface area (Å²) in [6, 6.07) is 20.6. The number of carbonyl (C=O) groups excluding carboxylic acids is 3. The molecule has 1 N–H and O–H groups in total. The lowest BCUT2D eigenvalue weighted by Gasteiger charge is -2.29. The molecule has 3 aromatic rings. The maximum absolute atomic E-state index is 13.2. The number of nitrogens with one attached hydrogen (secondary N) is 1. The van der Waals surface area contributed by atoms with Gasteiger partial charge in [0, 0.05) is 43.0 Å². The smallest absolute Gasteiger partial charge is 0.254 e. The van der Waals surface area contributed by atoms with E-state index in [0.29, 0.717) is 30.0 Å². The van der Waals surface area contributed by atoms with E-state index in [1.807, 2.05) is 53.4 Å². The molecule has 2 heterocycles. The van der Waals surface area contributed by atoms with Gasteiger partial charge < -0.3 is 15.1 Å². The third kappa shape index (κ3) is 4.41. The van der Waals surface area contributed by atoms with E-state index < -0.39 is 5.92 Å². The summed E-state index contributed by atoms with van der Waals surface area (Å²) < 4.78 is 13.2. The zero-order chi connectivity index (χ0) is 23.7. The van der Waals surface area contributed by atoms with Crippen molar-refractivity contribution in [3.05, 3.63) is 95.3 Å². The average Bonchev–Trinajstić information content (AvgIpc) is 3.26. The number of anilines is 2. The highest BCUT2D eigenvalue weighted by atomic mass is 19.1. The second-order valence-corrected chi connectivity index (χ2v) is 8.70. The molecule has 1 saturated heterocycles. The molecular formula is C27H24FN3O3. The second-order valence-electron chi connectivity index (χ2n) is 8.70. The van der Waals surface area contributed by atoms with Crippen molar-refractivity contribution in [3.63, 3.8) is 0 Å². The Morgan fingerprint density at radius 3 is 2.47 bits per heavy atom. The van der Waals surface area contributed by atoms with Crippen molar-refractivity contribution in [2.45, 2.75) is 19.4 Å². The largest absolute Gasteiger partial charge is 0.334 e. The Hall–Kier alpha value is -4.00. The van der Waals surface area contributed by atoms with Gasteiger partial charge in [-0.25, -0.2) is 4.39 Å². The highest BCUT2D eigenvalue weighted by molar-refractivity contribution is 6.03. The number of nitrogens with zero attached hydrogens (tertiary/aromatic N) is 2. The lowest BCUT2D eigenvalue weighted by Crippen LogP contribution is -2.36. The molecule has 0 saturated carbocycles. The van der Waals surface area contributed by atoms with Crippen LogP contribution in [0.1, 0.15) is 27.9 Å². The number of hydrogen-bond donors (Lipinski definition) is 1. The number of rotatable bonds is 4. The number of amides is 3. The lowest BCUT2D eigenvalue weighted by atomic mass is 9.98. The predicted molar refractivity (Wildman–Crippen MR) is 127 cm³/mol. The first-order valence-electron chi connectivity index (χ1n) is 11.3. The normalized spacial score (nSPS) is 17.4. The molecule has 0 bridgehead atoms. The van der Waals surface area contributed by atoms with Gasteiger partial charge in [-0.1, -0.05) is 24.3 Å². The van der Waals surface area contributed by atoms with Crippen LogP contribution in [-0.4, -0.2) is 35.7 Å². The van der Waals surface area contributed by atoms with E-state index in [1.165, 1.54) is 17.0 Å². The summed E-state index contributed by atoms with van der Waals surface area (Å²) in [5.41, 5.74) is 4.05. The van der Waals surface area contributed by atoms with Gasteiger partial charge in [0.05, 0.1) is 5.92 Å². The van der Waals surface area contributed by atoms with Crippen molar-refractivity contribution in [2.24, 2.45) is 5.92 Å². The number of fused-ring (bicyclic) bond motifs is 1. The molecule has 0 aromatic heterocycles. The molecule has 1 atom stereocenters. The molecule has 172 valence electrons. The SMILES string of the molecule is O=C(Nc1ccc2c(c1)CN(C(=O)c1ccccc1)CC2)C1CC(=O)N(c2ccc(F)cc2)C1. The number of benzene rings is 3. The van der Waals surface area contributed by atoms with Crippen molar-refractivity contribution in [1.29, 1.82) is 0 Å². The third-order valence-electron chi connectivity index (χ3n) is 6.43. The van der Waals surface area contributed by atoms with Crippen molar-refractivity contribution < 1.29 is 18.8 Å². The fourth-order valence-electron chi connectivity index (χ4n) is 4.57. The molecule has 2 aliphatic rings. The van der Waals surface area contributed by atoms with Crippen LogP contribution in [0.15, 0.2) is 72.8 Å². The van der Waals surface area contributed by atoms with E-state index in [4.69, 9.17) is 0 Å². The highest BCUT2D eigenvalue weighted by Crippen LogP contribution is 2.28. The van der Waals surface area contributed by atoms with Gasteiger partial charge in [0.15, 0.2) is 0 Å². The quantitative estimate of drug-likeness (QED) is 0.644. The molecule has 1 unspecified atom stereocenters. The first-order valence-corrected chi connectivity index (χ1v) is 11.3. The topological polar surface area (TPSA) is 69.7 Å². The molecule has 2 aliphatic heterocycles. The van der Waals surface area contributed by atoms with E-state index in [0.717, 1.165) is 17.5 Å². The minimum Gasteiger partial charge on any atom is -0.334 e. The second kappa shape index (κ2) is 9.09. The van der Waals surface area contributed by atoms with E-state index in [2.05, 4.69) is 5.32 Å². The molecule has 0 radical (unpaired) electrons. The Morgan fingerprint density at radius 1 is 0.941 bits per heavy atom. The Bertz CT molecular complexity index is 1240. The van der Waals surface area contributed by atoms with E-state index in [1.54, 1.807) is 12.1 Å². The summed E-state index contributed by atoms with van der Waals surface area (Å²) in [6.07, 6.45) is 0.861. The number of halogens is 1. The monoisotopic (exact) mass is 457 g/mol. The summed E-state index contributed by atoms with van der Waals surface area (Å²) in [7, 11) is 0. The van der Waals surface area contributed by atoms with Crippen molar-refractivity contribution in [1.82, 2.24) is 4.90 Å². The van der Waals surface area contributed by atoms with E-state index in [-0.39, 0.29) is 36.5 Å². The zero-order valence-corrected chi connectivity index (χ0v) is 18.5. The van der Waals surface area contributed by atoms with Gasteiger partial charge in [0.1, 0.15) is 5.82 Å². The van der Waals surface area contributed by atoms with Crippen LogP contribution in [0.3, 0.4) is 0 Å². The van der Waals surface area contributed by atoms with E-state index in [9.17, 15) is 18.8 Å². The summed E-state index contributed by atoms with van der Waals surface area (Å²) >= 11 is 0. The minimum absolute atomic E-state index is 0.00830. The van der Waals surface area contributed by atoms with Gasteiger partial charge >= 0.3 is 0 Å². The molecule has 3 amide bonds. The molecule has 0 spiro atoms. The average molecular weight is 458 g/mol. The van der Waals surface area contributed by atoms with Gasteiger partial charge in [0.25, 0.3) is 5.91 Å². The van der Waals surface area contributed by atoms with Crippen molar-refractivity contribution in [3.8, 4) is 0 Å². The first-order chi connectivity index (χ1) is 16.5. The van der Waals surface area contributed by atoms with Crippen LogP contribution >= 0.6 is 0 Å². The molecule has 0 aliphatic carbocycles. The highest BCUT2D eigenvalue weighted by Gasteiger charge is 2.35. The van der Waals surface area contributed by atoms with Gasteiger partial charge in [-0.3, -0.25) is 14.4 Å². The van der Waals surface area contributed by atoms with Crippen LogP contribution in [0, 0.1) is 11.7 Å². The Morgan fingerprint density at radius 2 is 1.71 bits per heavy atom. The molecule has 6 nitrogen and oxygen atoms in total. The van der Waals surface area contributed by atoms with Crippen LogP contribution in [-0.2, 0) is 22.6 Å². The van der Waals surface area contributed by atoms with Crippen molar-refractivity contribution >= 4 is 29.1 Å². The predicted octanol–water partition coefficient (Wildman–Crippen LogP) is 4.02. The first kappa shape index (κ1) is 21.8.